The average Bonchev–Trinajstić information content (AvgIpc) is 3.26. The summed E-state index contributed by atoms with van der Waals surface area (Å²) in [5.41, 5.74) is 1.00. The van der Waals surface area contributed by atoms with E-state index in [1.165, 1.54) is 0 Å². The number of hydrogen-bond acceptors (Lipinski definition) is 7. The Morgan fingerprint density at radius 3 is 2.83 bits per heavy atom. The molecule has 0 aliphatic rings. The number of benzene rings is 1. The SMILES string of the molecule is CCS[C@@H](C)c1noc(CSCc2ncn(-c3ccccc3)n2)n1. The predicted molar refractivity (Wildman–Crippen MR) is 97.2 cm³/mol. The first-order valence-electron chi connectivity index (χ1n) is 7.74. The molecule has 0 aliphatic carbocycles. The molecule has 126 valence electrons. The number of aromatic nitrogens is 5. The van der Waals surface area contributed by atoms with Crippen LogP contribution in [0.5, 0.6) is 0 Å². The number of nitrogens with zero attached hydrogens (tertiary/aromatic N) is 5. The molecule has 1 aromatic carbocycles. The van der Waals surface area contributed by atoms with Gasteiger partial charge in [-0.2, -0.15) is 21.8 Å². The summed E-state index contributed by atoms with van der Waals surface area (Å²) < 4.78 is 7.09. The van der Waals surface area contributed by atoms with Gasteiger partial charge in [-0.3, -0.25) is 0 Å². The Morgan fingerprint density at radius 1 is 1.21 bits per heavy atom. The van der Waals surface area contributed by atoms with Crippen LogP contribution in [0.1, 0.15) is 36.6 Å². The van der Waals surface area contributed by atoms with Gasteiger partial charge in [0.05, 0.1) is 22.4 Å². The molecule has 2 heterocycles. The van der Waals surface area contributed by atoms with Crippen LogP contribution in [0.25, 0.3) is 5.69 Å². The molecule has 3 rings (SSSR count). The maximum Gasteiger partial charge on any atom is 0.236 e. The van der Waals surface area contributed by atoms with Gasteiger partial charge in [-0.15, -0.1) is 11.8 Å². The van der Waals surface area contributed by atoms with Crippen LogP contribution < -0.4 is 0 Å². The van der Waals surface area contributed by atoms with Crippen molar-refractivity contribution in [3.63, 3.8) is 0 Å². The van der Waals surface area contributed by atoms with Crippen LogP contribution in [0.2, 0.25) is 0 Å². The van der Waals surface area contributed by atoms with Crippen molar-refractivity contribution in [2.24, 2.45) is 0 Å². The number of thioether (sulfide) groups is 2. The zero-order chi connectivity index (χ0) is 16.8. The number of hydrogen-bond donors (Lipinski definition) is 0. The van der Waals surface area contributed by atoms with Crippen LogP contribution in [-0.4, -0.2) is 30.7 Å². The fourth-order valence-corrected chi connectivity index (χ4v) is 3.57. The highest BCUT2D eigenvalue weighted by Crippen LogP contribution is 2.26. The van der Waals surface area contributed by atoms with E-state index >= 15 is 0 Å². The van der Waals surface area contributed by atoms with E-state index < -0.39 is 0 Å². The minimum Gasteiger partial charge on any atom is -0.338 e. The van der Waals surface area contributed by atoms with E-state index in [1.807, 2.05) is 30.3 Å². The summed E-state index contributed by atoms with van der Waals surface area (Å²) in [5.74, 6) is 4.62. The van der Waals surface area contributed by atoms with Crippen molar-refractivity contribution >= 4 is 23.5 Å². The first kappa shape index (κ1) is 17.0. The van der Waals surface area contributed by atoms with Gasteiger partial charge in [-0.25, -0.2) is 9.67 Å². The van der Waals surface area contributed by atoms with Crippen LogP contribution in [0.4, 0.5) is 0 Å². The van der Waals surface area contributed by atoms with E-state index in [0.717, 1.165) is 23.1 Å². The first-order valence-corrected chi connectivity index (χ1v) is 9.94. The molecule has 0 fully saturated rings. The van der Waals surface area contributed by atoms with Crippen LogP contribution in [0.15, 0.2) is 41.2 Å². The Morgan fingerprint density at radius 2 is 2.04 bits per heavy atom. The zero-order valence-corrected chi connectivity index (χ0v) is 15.3. The van der Waals surface area contributed by atoms with E-state index in [1.54, 1.807) is 34.5 Å². The van der Waals surface area contributed by atoms with Crippen LogP contribution >= 0.6 is 23.5 Å². The lowest BCUT2D eigenvalue weighted by Crippen LogP contribution is -1.95. The van der Waals surface area contributed by atoms with Crippen molar-refractivity contribution in [1.29, 1.82) is 0 Å². The molecule has 3 aromatic rings. The molecule has 0 radical (unpaired) electrons. The molecule has 8 heteroatoms. The van der Waals surface area contributed by atoms with Gasteiger partial charge in [0.2, 0.25) is 5.89 Å². The molecule has 0 aliphatic heterocycles. The lowest BCUT2D eigenvalue weighted by molar-refractivity contribution is 0.385. The maximum absolute atomic E-state index is 5.30. The monoisotopic (exact) mass is 361 g/mol. The smallest absolute Gasteiger partial charge is 0.236 e. The van der Waals surface area contributed by atoms with Gasteiger partial charge in [0, 0.05) is 0 Å². The van der Waals surface area contributed by atoms with Crippen molar-refractivity contribution in [3.05, 3.63) is 54.2 Å². The minimum absolute atomic E-state index is 0.265. The van der Waals surface area contributed by atoms with Crippen LogP contribution in [-0.2, 0) is 11.5 Å². The molecule has 6 nitrogen and oxygen atoms in total. The Balaban J connectivity index is 1.51. The second-order valence-electron chi connectivity index (χ2n) is 5.08. The maximum atomic E-state index is 5.30. The summed E-state index contributed by atoms with van der Waals surface area (Å²) in [6.07, 6.45) is 1.74. The molecule has 0 bridgehead atoms. The lowest BCUT2D eigenvalue weighted by Gasteiger charge is -2.01. The quantitative estimate of drug-likeness (QED) is 0.602. The summed E-state index contributed by atoms with van der Waals surface area (Å²) in [5, 5.41) is 8.80. The van der Waals surface area contributed by atoms with E-state index in [2.05, 4.69) is 34.1 Å². The van der Waals surface area contributed by atoms with Crippen LogP contribution in [0.3, 0.4) is 0 Å². The van der Waals surface area contributed by atoms with Gasteiger partial charge < -0.3 is 4.52 Å². The lowest BCUT2D eigenvalue weighted by atomic mass is 10.3. The largest absolute Gasteiger partial charge is 0.338 e. The summed E-state index contributed by atoms with van der Waals surface area (Å²) >= 11 is 3.47. The molecule has 0 unspecified atom stereocenters. The third-order valence-electron chi connectivity index (χ3n) is 3.28. The van der Waals surface area contributed by atoms with E-state index in [4.69, 9.17) is 4.52 Å². The summed E-state index contributed by atoms with van der Waals surface area (Å²) in [7, 11) is 0. The Labute approximate surface area is 149 Å². The standard InChI is InChI=1S/C16H19N5OS2/c1-3-24-12(2)16-18-15(22-20-16)10-23-9-14-17-11-21(19-14)13-7-5-4-6-8-13/h4-8,11-12H,3,9-10H2,1-2H3/t12-/m0/s1. The third kappa shape index (κ3) is 4.39. The predicted octanol–water partition coefficient (Wildman–Crippen LogP) is 3.90. The van der Waals surface area contributed by atoms with Crippen LogP contribution in [0, 0.1) is 0 Å². The van der Waals surface area contributed by atoms with Crippen molar-refractivity contribution in [2.45, 2.75) is 30.6 Å². The van der Waals surface area contributed by atoms with E-state index in [-0.39, 0.29) is 5.25 Å². The van der Waals surface area contributed by atoms with Gasteiger partial charge in [0.15, 0.2) is 11.6 Å². The molecule has 0 amide bonds. The summed E-state index contributed by atoms with van der Waals surface area (Å²) in [6.45, 7) is 4.22. The molecule has 0 spiro atoms. The normalized spacial score (nSPS) is 12.4. The minimum atomic E-state index is 0.265. The highest BCUT2D eigenvalue weighted by atomic mass is 32.2. The highest BCUT2D eigenvalue weighted by Gasteiger charge is 2.13. The topological polar surface area (TPSA) is 69.6 Å². The van der Waals surface area contributed by atoms with Crippen molar-refractivity contribution in [3.8, 4) is 5.69 Å². The first-order chi connectivity index (χ1) is 11.8. The van der Waals surface area contributed by atoms with Gasteiger partial charge in [-0.1, -0.05) is 30.3 Å². The fraction of sp³-hybridized carbons (Fsp3) is 0.375. The molecular weight excluding hydrogens is 342 g/mol. The van der Waals surface area contributed by atoms with Gasteiger partial charge in [-0.05, 0) is 24.8 Å². The number of rotatable bonds is 8. The van der Waals surface area contributed by atoms with Crippen molar-refractivity contribution in [1.82, 2.24) is 24.9 Å². The van der Waals surface area contributed by atoms with Crippen molar-refractivity contribution < 1.29 is 4.52 Å². The van der Waals surface area contributed by atoms with E-state index in [9.17, 15) is 0 Å². The van der Waals surface area contributed by atoms with E-state index in [0.29, 0.717) is 17.4 Å². The summed E-state index contributed by atoms with van der Waals surface area (Å²) in [4.78, 5) is 8.79. The fourth-order valence-electron chi connectivity index (χ4n) is 2.11. The Kier molecular flexibility index (Phi) is 5.92. The Bertz CT molecular complexity index is 759. The Hall–Kier alpha value is -1.80. The molecular formula is C16H19N5OS2. The zero-order valence-electron chi connectivity index (χ0n) is 13.6. The second kappa shape index (κ2) is 8.34. The van der Waals surface area contributed by atoms with Gasteiger partial charge in [0.25, 0.3) is 0 Å². The van der Waals surface area contributed by atoms with Gasteiger partial charge >= 0.3 is 0 Å². The molecule has 0 saturated heterocycles. The molecule has 2 aromatic heterocycles. The second-order valence-corrected chi connectivity index (χ2v) is 7.68. The molecule has 0 N–H and O–H groups in total. The number of para-hydroxylation sites is 1. The average molecular weight is 361 g/mol. The molecule has 0 saturated carbocycles. The molecule has 1 atom stereocenters. The van der Waals surface area contributed by atoms with Crippen molar-refractivity contribution in [2.75, 3.05) is 5.75 Å². The summed E-state index contributed by atoms with van der Waals surface area (Å²) in [6, 6.07) is 9.95. The third-order valence-corrected chi connectivity index (χ3v) is 5.24. The highest BCUT2D eigenvalue weighted by molar-refractivity contribution is 7.99. The molecule has 24 heavy (non-hydrogen) atoms. The van der Waals surface area contributed by atoms with Gasteiger partial charge in [0.1, 0.15) is 6.33 Å².